The number of likely N-dealkylation sites (tertiary alicyclic amines) is 1. The molecule has 3 heterocycles. The second-order valence-electron chi connectivity index (χ2n) is 8.29. The highest BCUT2D eigenvalue weighted by Gasteiger charge is 2.21. The van der Waals surface area contributed by atoms with Crippen LogP contribution in [0.25, 0.3) is 11.0 Å². The third-order valence-electron chi connectivity index (χ3n) is 5.75. The SMILES string of the molecule is CCCn1c(CSc2ccc(C(=O)N3CCCC3)cn2)nc2cc(S(=O)(=O)N(C)C)ccc21. The number of amides is 1. The number of rotatable bonds is 8. The van der Waals surface area contributed by atoms with Gasteiger partial charge in [-0.3, -0.25) is 4.79 Å². The van der Waals surface area contributed by atoms with Crippen molar-refractivity contribution in [2.75, 3.05) is 27.2 Å². The Kier molecular flexibility index (Phi) is 7.06. The van der Waals surface area contributed by atoms with Crippen LogP contribution in [0.4, 0.5) is 0 Å². The topological polar surface area (TPSA) is 88.4 Å². The molecule has 0 N–H and O–H groups in total. The van der Waals surface area contributed by atoms with Gasteiger partial charge in [0, 0.05) is 39.9 Å². The highest BCUT2D eigenvalue weighted by Crippen LogP contribution is 2.27. The molecule has 2 aromatic heterocycles. The number of benzene rings is 1. The average molecular weight is 488 g/mol. The first-order valence-corrected chi connectivity index (χ1v) is 13.5. The maximum absolute atomic E-state index is 12.5. The Morgan fingerprint density at radius 1 is 1.15 bits per heavy atom. The molecule has 4 rings (SSSR count). The molecule has 3 aromatic rings. The van der Waals surface area contributed by atoms with Crippen molar-refractivity contribution < 1.29 is 13.2 Å². The molecular formula is C23H29N5O3S2. The second-order valence-corrected chi connectivity index (χ2v) is 11.4. The summed E-state index contributed by atoms with van der Waals surface area (Å²) in [6, 6.07) is 8.83. The van der Waals surface area contributed by atoms with Gasteiger partial charge in [-0.25, -0.2) is 22.7 Å². The van der Waals surface area contributed by atoms with E-state index in [9.17, 15) is 13.2 Å². The van der Waals surface area contributed by atoms with Gasteiger partial charge in [-0.05, 0) is 49.6 Å². The van der Waals surface area contributed by atoms with Gasteiger partial charge < -0.3 is 9.47 Å². The quantitative estimate of drug-likeness (QED) is 0.451. The molecule has 1 aliphatic rings. The molecule has 0 aliphatic carbocycles. The van der Waals surface area contributed by atoms with Gasteiger partial charge in [0.2, 0.25) is 10.0 Å². The number of sulfonamides is 1. The van der Waals surface area contributed by atoms with Gasteiger partial charge in [-0.15, -0.1) is 0 Å². The van der Waals surface area contributed by atoms with Crippen LogP contribution in [-0.4, -0.2) is 65.3 Å². The first-order valence-electron chi connectivity index (χ1n) is 11.1. The molecule has 8 nitrogen and oxygen atoms in total. The molecule has 176 valence electrons. The van der Waals surface area contributed by atoms with Gasteiger partial charge in [-0.1, -0.05) is 18.7 Å². The predicted molar refractivity (Wildman–Crippen MR) is 130 cm³/mol. The number of nitrogens with zero attached hydrogens (tertiary/aromatic N) is 5. The molecule has 1 amide bonds. The predicted octanol–water partition coefficient (Wildman–Crippen LogP) is 3.62. The molecule has 1 aromatic carbocycles. The summed E-state index contributed by atoms with van der Waals surface area (Å²) in [4.78, 5) is 23.9. The minimum absolute atomic E-state index is 0.0461. The normalized spacial score (nSPS) is 14.5. The number of imidazole rings is 1. The number of carbonyl (C=O) groups is 1. The van der Waals surface area contributed by atoms with Crippen LogP contribution in [0.5, 0.6) is 0 Å². The molecule has 0 radical (unpaired) electrons. The van der Waals surface area contributed by atoms with Gasteiger partial charge in [0.25, 0.3) is 5.91 Å². The van der Waals surface area contributed by atoms with Gasteiger partial charge in [0.15, 0.2) is 0 Å². The van der Waals surface area contributed by atoms with E-state index in [0.29, 0.717) is 16.8 Å². The minimum atomic E-state index is -3.52. The van der Waals surface area contributed by atoms with Crippen molar-refractivity contribution in [2.45, 2.75) is 48.4 Å². The second kappa shape index (κ2) is 9.82. The minimum Gasteiger partial charge on any atom is -0.339 e. The third kappa shape index (κ3) is 4.92. The summed E-state index contributed by atoms with van der Waals surface area (Å²) in [6.45, 7) is 4.54. The van der Waals surface area contributed by atoms with E-state index in [1.165, 1.54) is 18.4 Å². The highest BCUT2D eigenvalue weighted by molar-refractivity contribution is 7.98. The van der Waals surface area contributed by atoms with Crippen LogP contribution in [0.2, 0.25) is 0 Å². The molecular weight excluding hydrogens is 458 g/mol. The number of fused-ring (bicyclic) bond motifs is 1. The summed E-state index contributed by atoms with van der Waals surface area (Å²) in [5.74, 6) is 1.51. The van der Waals surface area contributed by atoms with E-state index in [4.69, 9.17) is 4.98 Å². The Labute approximate surface area is 199 Å². The number of hydrogen-bond donors (Lipinski definition) is 0. The van der Waals surface area contributed by atoms with Crippen molar-refractivity contribution in [3.05, 3.63) is 47.9 Å². The maximum Gasteiger partial charge on any atom is 0.255 e. The Balaban J connectivity index is 1.54. The van der Waals surface area contributed by atoms with Crippen molar-refractivity contribution in [1.82, 2.24) is 23.7 Å². The van der Waals surface area contributed by atoms with E-state index >= 15 is 0 Å². The zero-order valence-electron chi connectivity index (χ0n) is 19.2. The molecule has 10 heteroatoms. The fraction of sp³-hybridized carbons (Fsp3) is 0.435. The Bertz CT molecular complexity index is 1250. The lowest BCUT2D eigenvalue weighted by atomic mass is 10.2. The van der Waals surface area contributed by atoms with Crippen molar-refractivity contribution in [2.24, 2.45) is 0 Å². The summed E-state index contributed by atoms with van der Waals surface area (Å²) in [5.41, 5.74) is 2.21. The van der Waals surface area contributed by atoms with Crippen LogP contribution in [0.15, 0.2) is 46.5 Å². The summed E-state index contributed by atoms with van der Waals surface area (Å²) >= 11 is 1.55. The number of hydrogen-bond acceptors (Lipinski definition) is 6. The van der Waals surface area contributed by atoms with Crippen LogP contribution in [0, 0.1) is 0 Å². The van der Waals surface area contributed by atoms with Gasteiger partial charge in [0.05, 0.1) is 32.3 Å². The van der Waals surface area contributed by atoms with E-state index in [2.05, 4.69) is 16.5 Å². The van der Waals surface area contributed by atoms with Gasteiger partial charge in [-0.2, -0.15) is 0 Å². The van der Waals surface area contributed by atoms with E-state index in [1.807, 2.05) is 23.1 Å². The Morgan fingerprint density at radius 3 is 2.55 bits per heavy atom. The monoisotopic (exact) mass is 487 g/mol. The average Bonchev–Trinajstić information content (AvgIpc) is 3.46. The largest absolute Gasteiger partial charge is 0.339 e. The number of thioether (sulfide) groups is 1. The van der Waals surface area contributed by atoms with Crippen molar-refractivity contribution >= 4 is 38.7 Å². The molecule has 0 unspecified atom stereocenters. The molecule has 0 saturated carbocycles. The zero-order valence-corrected chi connectivity index (χ0v) is 20.8. The highest BCUT2D eigenvalue weighted by atomic mass is 32.2. The summed E-state index contributed by atoms with van der Waals surface area (Å²) in [7, 11) is -0.475. The Morgan fingerprint density at radius 2 is 1.91 bits per heavy atom. The fourth-order valence-corrected chi connectivity index (χ4v) is 5.66. The van der Waals surface area contributed by atoms with Gasteiger partial charge in [0.1, 0.15) is 5.82 Å². The smallest absolute Gasteiger partial charge is 0.255 e. The lowest BCUT2D eigenvalue weighted by Gasteiger charge is -2.14. The zero-order chi connectivity index (χ0) is 23.6. The summed E-state index contributed by atoms with van der Waals surface area (Å²) in [5, 5.41) is 0.818. The summed E-state index contributed by atoms with van der Waals surface area (Å²) < 4.78 is 28.4. The van der Waals surface area contributed by atoms with Crippen LogP contribution in [0.1, 0.15) is 42.4 Å². The standard InChI is InChI=1S/C23H29N5O3S2/c1-4-11-28-20-9-8-18(33(30,31)26(2)3)14-19(20)25-21(28)16-32-22-10-7-17(15-24-22)23(29)27-12-5-6-13-27/h7-10,14-15H,4-6,11-13,16H2,1-3H3. The number of pyridine rings is 1. The van der Waals surface area contributed by atoms with E-state index in [0.717, 1.165) is 55.3 Å². The molecule has 1 saturated heterocycles. The van der Waals surface area contributed by atoms with Crippen molar-refractivity contribution in [3.8, 4) is 0 Å². The van der Waals surface area contributed by atoms with Gasteiger partial charge >= 0.3 is 0 Å². The Hall–Kier alpha value is -2.43. The molecule has 0 spiro atoms. The molecule has 1 aliphatic heterocycles. The third-order valence-corrected chi connectivity index (χ3v) is 8.50. The van der Waals surface area contributed by atoms with E-state index < -0.39 is 10.0 Å². The van der Waals surface area contributed by atoms with Crippen LogP contribution in [-0.2, 0) is 22.3 Å². The van der Waals surface area contributed by atoms with Crippen LogP contribution < -0.4 is 0 Å². The molecule has 0 bridgehead atoms. The van der Waals surface area contributed by atoms with E-state index in [-0.39, 0.29) is 10.8 Å². The van der Waals surface area contributed by atoms with E-state index in [1.54, 1.807) is 30.1 Å². The van der Waals surface area contributed by atoms with Crippen LogP contribution >= 0.6 is 11.8 Å². The van der Waals surface area contributed by atoms with Crippen LogP contribution in [0.3, 0.4) is 0 Å². The number of carbonyl (C=O) groups excluding carboxylic acids is 1. The first kappa shape index (κ1) is 23.7. The fourth-order valence-electron chi connectivity index (χ4n) is 3.95. The lowest BCUT2D eigenvalue weighted by Crippen LogP contribution is -2.27. The number of aryl methyl sites for hydroxylation is 1. The number of aromatic nitrogens is 3. The lowest BCUT2D eigenvalue weighted by molar-refractivity contribution is 0.0792. The molecule has 33 heavy (non-hydrogen) atoms. The summed E-state index contributed by atoms with van der Waals surface area (Å²) in [6.07, 6.45) is 4.71. The first-order chi connectivity index (χ1) is 15.8. The van der Waals surface area contributed by atoms with Crippen molar-refractivity contribution in [1.29, 1.82) is 0 Å². The molecule has 0 atom stereocenters. The van der Waals surface area contributed by atoms with Crippen molar-refractivity contribution in [3.63, 3.8) is 0 Å². The molecule has 1 fully saturated rings. The maximum atomic E-state index is 12.5.